The molecule has 2 heterocycles. The van der Waals surface area contributed by atoms with Crippen molar-refractivity contribution in [2.24, 2.45) is 10.9 Å². The van der Waals surface area contributed by atoms with Crippen LogP contribution in [0.15, 0.2) is 34.5 Å². The van der Waals surface area contributed by atoms with Crippen molar-refractivity contribution in [3.05, 3.63) is 45.6 Å². The number of hydrogen-bond donors (Lipinski definition) is 0. The van der Waals surface area contributed by atoms with Gasteiger partial charge in [-0.15, -0.1) is 0 Å². The Morgan fingerprint density at radius 3 is 2.83 bits per heavy atom. The van der Waals surface area contributed by atoms with Crippen molar-refractivity contribution >= 4 is 29.1 Å². The molecule has 0 spiro atoms. The maximum Gasteiger partial charge on any atom is 0.337 e. The molecule has 0 aromatic heterocycles. The summed E-state index contributed by atoms with van der Waals surface area (Å²) in [6.07, 6.45) is 2.19. The summed E-state index contributed by atoms with van der Waals surface area (Å²) in [5, 5.41) is 0.677. The number of aryl methyl sites for hydroxylation is 1. The molecule has 3 aliphatic rings. The number of aliphatic imine (C=N–C) groups is 1. The Bertz CT molecular complexity index is 793. The first-order chi connectivity index (χ1) is 11.1. The van der Waals surface area contributed by atoms with Gasteiger partial charge in [-0.3, -0.25) is 9.79 Å². The van der Waals surface area contributed by atoms with E-state index in [0.29, 0.717) is 22.7 Å². The average molecular weight is 330 g/mol. The molecule has 0 radical (unpaired) electrons. The van der Waals surface area contributed by atoms with E-state index in [1.807, 2.05) is 25.1 Å². The third-order valence-corrected chi connectivity index (χ3v) is 5.32. The highest BCUT2D eigenvalue weighted by molar-refractivity contribution is 6.31. The number of ketones is 1. The number of ether oxygens (including phenoxy) is 1. The smallest absolute Gasteiger partial charge is 0.337 e. The number of fused-ring (bicyclic) bond motifs is 1. The van der Waals surface area contributed by atoms with Crippen LogP contribution >= 0.6 is 11.6 Å². The number of carbonyl (C=O) groups excluding carboxylic acids is 2. The molecule has 5 heteroatoms. The zero-order chi connectivity index (χ0) is 16.1. The van der Waals surface area contributed by atoms with Gasteiger partial charge < -0.3 is 4.74 Å². The fraction of sp³-hybridized carbons (Fsp3) is 0.389. The summed E-state index contributed by atoms with van der Waals surface area (Å²) < 4.78 is 5.19. The van der Waals surface area contributed by atoms with Crippen LogP contribution in [-0.4, -0.2) is 24.1 Å². The van der Waals surface area contributed by atoms with E-state index in [1.165, 1.54) is 0 Å². The molecule has 1 saturated carbocycles. The van der Waals surface area contributed by atoms with E-state index >= 15 is 0 Å². The van der Waals surface area contributed by atoms with Crippen molar-refractivity contribution in [2.45, 2.75) is 32.1 Å². The topological polar surface area (TPSA) is 55.7 Å². The van der Waals surface area contributed by atoms with Crippen LogP contribution < -0.4 is 0 Å². The number of nitrogens with zero attached hydrogens (tertiary/aromatic N) is 1. The second-order valence-electron chi connectivity index (χ2n) is 6.32. The Morgan fingerprint density at radius 2 is 2.04 bits per heavy atom. The summed E-state index contributed by atoms with van der Waals surface area (Å²) >= 11 is 6.13. The van der Waals surface area contributed by atoms with Gasteiger partial charge in [-0.05, 0) is 37.0 Å². The first-order valence-electron chi connectivity index (χ1n) is 7.82. The van der Waals surface area contributed by atoms with Crippen LogP contribution in [0.2, 0.25) is 5.02 Å². The molecule has 118 valence electrons. The number of rotatable bonds is 1. The van der Waals surface area contributed by atoms with Gasteiger partial charge in [0.15, 0.2) is 0 Å². The zero-order valence-corrected chi connectivity index (χ0v) is 13.5. The van der Waals surface area contributed by atoms with Crippen LogP contribution in [0.25, 0.3) is 0 Å². The van der Waals surface area contributed by atoms with Gasteiger partial charge in [0.2, 0.25) is 0 Å². The van der Waals surface area contributed by atoms with Gasteiger partial charge in [-0.25, -0.2) is 4.79 Å². The lowest BCUT2D eigenvalue weighted by Crippen LogP contribution is -2.38. The van der Waals surface area contributed by atoms with Crippen molar-refractivity contribution in [1.82, 2.24) is 0 Å². The molecule has 4 nitrogen and oxygen atoms in total. The molecular formula is C18H16ClNO3. The Morgan fingerprint density at radius 1 is 1.22 bits per heavy atom. The molecule has 2 unspecified atom stereocenters. The Hall–Kier alpha value is -1.94. The molecule has 2 atom stereocenters. The molecule has 0 saturated heterocycles. The predicted octanol–water partition coefficient (Wildman–Crippen LogP) is 3.37. The molecule has 4 rings (SSSR count). The van der Waals surface area contributed by atoms with Gasteiger partial charge in [-0.1, -0.05) is 23.7 Å². The summed E-state index contributed by atoms with van der Waals surface area (Å²) in [4.78, 5) is 29.4. The molecular weight excluding hydrogens is 314 g/mol. The molecule has 1 aliphatic carbocycles. The van der Waals surface area contributed by atoms with Gasteiger partial charge in [0.25, 0.3) is 0 Å². The van der Waals surface area contributed by atoms with E-state index in [0.717, 1.165) is 29.7 Å². The summed E-state index contributed by atoms with van der Waals surface area (Å²) in [5.41, 5.74) is 4.01. The van der Waals surface area contributed by atoms with Gasteiger partial charge in [0, 0.05) is 23.1 Å². The van der Waals surface area contributed by atoms with E-state index in [4.69, 9.17) is 16.3 Å². The minimum absolute atomic E-state index is 0.166. The standard InChI is InChI=1S/C18H16ClNO3/c1-9-7-10(5-6-11(9)19)15-16-12(3-2-4-14(16)21)20-13-8-23-18(22)17(13)15/h5-7,15-16H,2-4,8H2,1H3. The van der Waals surface area contributed by atoms with Crippen LogP contribution in [0.5, 0.6) is 0 Å². The Labute approximate surface area is 139 Å². The van der Waals surface area contributed by atoms with E-state index < -0.39 is 0 Å². The molecule has 0 amide bonds. The van der Waals surface area contributed by atoms with E-state index in [-0.39, 0.29) is 30.2 Å². The van der Waals surface area contributed by atoms with Crippen molar-refractivity contribution in [1.29, 1.82) is 0 Å². The average Bonchev–Trinajstić information content (AvgIpc) is 2.90. The van der Waals surface area contributed by atoms with Crippen LogP contribution in [0.3, 0.4) is 0 Å². The first kappa shape index (κ1) is 14.6. The third-order valence-electron chi connectivity index (χ3n) is 4.90. The fourth-order valence-electron chi connectivity index (χ4n) is 3.81. The number of cyclic esters (lactones) is 1. The molecule has 23 heavy (non-hydrogen) atoms. The Balaban J connectivity index is 1.89. The van der Waals surface area contributed by atoms with E-state index in [2.05, 4.69) is 4.99 Å². The number of benzene rings is 1. The van der Waals surface area contributed by atoms with Gasteiger partial charge in [0.05, 0.1) is 17.2 Å². The molecule has 0 bridgehead atoms. The third kappa shape index (κ3) is 2.24. The second-order valence-corrected chi connectivity index (χ2v) is 6.73. The maximum absolute atomic E-state index is 12.6. The molecule has 1 aromatic carbocycles. The van der Waals surface area contributed by atoms with Crippen LogP contribution in [0, 0.1) is 12.8 Å². The summed E-state index contributed by atoms with van der Waals surface area (Å²) in [7, 11) is 0. The molecule has 2 aliphatic heterocycles. The highest BCUT2D eigenvalue weighted by Crippen LogP contribution is 2.45. The number of hydrogen-bond acceptors (Lipinski definition) is 4. The largest absolute Gasteiger partial charge is 0.456 e. The summed E-state index contributed by atoms with van der Waals surface area (Å²) in [6, 6.07) is 5.69. The van der Waals surface area contributed by atoms with Crippen LogP contribution in [-0.2, 0) is 14.3 Å². The second kappa shape index (κ2) is 5.31. The van der Waals surface area contributed by atoms with Crippen molar-refractivity contribution < 1.29 is 14.3 Å². The lowest BCUT2D eigenvalue weighted by Gasteiger charge is -2.34. The minimum atomic E-state index is -0.348. The lowest BCUT2D eigenvalue weighted by molar-refractivity contribution is -0.136. The minimum Gasteiger partial charge on any atom is -0.456 e. The van der Waals surface area contributed by atoms with Crippen LogP contribution in [0.1, 0.15) is 36.3 Å². The van der Waals surface area contributed by atoms with Crippen molar-refractivity contribution in [2.75, 3.05) is 6.61 Å². The normalized spacial score (nSPS) is 26.6. The first-order valence-corrected chi connectivity index (χ1v) is 8.20. The molecule has 1 fully saturated rings. The van der Waals surface area contributed by atoms with Gasteiger partial charge >= 0.3 is 5.97 Å². The Kier molecular flexibility index (Phi) is 3.38. The van der Waals surface area contributed by atoms with Crippen molar-refractivity contribution in [3.8, 4) is 0 Å². The highest BCUT2D eigenvalue weighted by atomic mass is 35.5. The molecule has 1 aromatic rings. The number of esters is 1. The number of halogens is 1. The lowest BCUT2D eigenvalue weighted by atomic mass is 9.69. The summed E-state index contributed by atoms with van der Waals surface area (Å²) in [5.74, 6) is -0.817. The zero-order valence-electron chi connectivity index (χ0n) is 12.8. The quantitative estimate of drug-likeness (QED) is 0.742. The monoisotopic (exact) mass is 329 g/mol. The van der Waals surface area contributed by atoms with E-state index in [1.54, 1.807) is 0 Å². The summed E-state index contributed by atoms with van der Waals surface area (Å²) in [6.45, 7) is 2.14. The maximum atomic E-state index is 12.6. The SMILES string of the molecule is Cc1cc(C2C3=C(COC3=O)N=C3CCCC(=O)C32)ccc1Cl. The van der Waals surface area contributed by atoms with E-state index in [9.17, 15) is 9.59 Å². The fourth-order valence-corrected chi connectivity index (χ4v) is 3.93. The number of Topliss-reactive ketones (excluding diaryl/α,β-unsaturated/α-hetero) is 1. The predicted molar refractivity (Wildman–Crippen MR) is 86.7 cm³/mol. The van der Waals surface area contributed by atoms with Gasteiger partial charge in [-0.2, -0.15) is 0 Å². The van der Waals surface area contributed by atoms with Gasteiger partial charge in [0.1, 0.15) is 12.4 Å². The van der Waals surface area contributed by atoms with Crippen molar-refractivity contribution in [3.63, 3.8) is 0 Å². The highest BCUT2D eigenvalue weighted by Gasteiger charge is 2.46. The number of carbonyl (C=O) groups is 2. The van der Waals surface area contributed by atoms with Crippen LogP contribution in [0.4, 0.5) is 0 Å². The molecule has 0 N–H and O–H groups in total.